The number of hydrogen-bond acceptors (Lipinski definition) is 4. The molecular weight excluding hydrogens is 176 g/mol. The third-order valence-corrected chi connectivity index (χ3v) is 1.88. The molecule has 1 aromatic rings. The van der Waals surface area contributed by atoms with E-state index in [0.717, 1.165) is 30.0 Å². The maximum absolute atomic E-state index is 4.35. The van der Waals surface area contributed by atoms with Crippen LogP contribution in [0.3, 0.4) is 0 Å². The van der Waals surface area contributed by atoms with Crippen LogP contribution in [-0.4, -0.2) is 23.2 Å². The number of nitrogens with zero attached hydrogens (tertiary/aromatic N) is 3. The van der Waals surface area contributed by atoms with Gasteiger partial charge in [-0.05, 0) is 13.3 Å². The summed E-state index contributed by atoms with van der Waals surface area (Å²) in [5, 5.41) is 3.00. The van der Waals surface area contributed by atoms with E-state index in [1.807, 2.05) is 20.2 Å². The van der Waals surface area contributed by atoms with Crippen LogP contribution in [0.15, 0.2) is 11.3 Å². The van der Waals surface area contributed by atoms with Crippen LogP contribution in [0, 0.1) is 6.92 Å². The largest absolute Gasteiger partial charge is 0.371 e. The second-order valence-electron chi connectivity index (χ2n) is 3.01. The van der Waals surface area contributed by atoms with Crippen molar-refractivity contribution in [1.82, 2.24) is 9.97 Å². The Kier molecular flexibility index (Phi) is 4.04. The summed E-state index contributed by atoms with van der Waals surface area (Å²) in [4.78, 5) is 12.6. The lowest BCUT2D eigenvalue weighted by atomic mass is 10.3. The van der Waals surface area contributed by atoms with E-state index in [1.165, 1.54) is 0 Å². The van der Waals surface area contributed by atoms with E-state index >= 15 is 0 Å². The van der Waals surface area contributed by atoms with E-state index in [2.05, 4.69) is 27.2 Å². The highest BCUT2D eigenvalue weighted by Gasteiger charge is 2.03. The number of hydrogen-bond donors (Lipinski definition) is 1. The average molecular weight is 192 g/mol. The molecule has 1 aromatic heterocycles. The van der Waals surface area contributed by atoms with Crippen molar-refractivity contribution in [2.24, 2.45) is 4.99 Å². The fourth-order valence-electron chi connectivity index (χ4n) is 1.09. The minimum atomic E-state index is 0.782. The molecule has 0 radical (unpaired) electrons. The Hall–Kier alpha value is -1.45. The molecule has 1 heterocycles. The molecule has 4 heteroatoms. The maximum Gasteiger partial charge on any atom is 0.155 e. The Bertz CT molecular complexity index is 320. The number of unbranched alkanes of at least 4 members (excludes halogenated alkanes) is 1. The Morgan fingerprint density at radius 3 is 2.93 bits per heavy atom. The lowest BCUT2D eigenvalue weighted by Gasteiger charge is -2.04. The van der Waals surface area contributed by atoms with Crippen LogP contribution >= 0.6 is 0 Å². The predicted molar refractivity (Wildman–Crippen MR) is 59.4 cm³/mol. The zero-order valence-electron chi connectivity index (χ0n) is 8.91. The SMILES string of the molecule is CCCC=Nc1c(C)ncnc1NC. The van der Waals surface area contributed by atoms with Gasteiger partial charge in [-0.25, -0.2) is 9.97 Å². The van der Waals surface area contributed by atoms with Gasteiger partial charge >= 0.3 is 0 Å². The number of anilines is 1. The van der Waals surface area contributed by atoms with Crippen molar-refractivity contribution in [3.05, 3.63) is 12.0 Å². The summed E-state index contributed by atoms with van der Waals surface area (Å²) >= 11 is 0. The van der Waals surface area contributed by atoms with Gasteiger partial charge < -0.3 is 5.32 Å². The van der Waals surface area contributed by atoms with Crippen molar-refractivity contribution in [2.75, 3.05) is 12.4 Å². The van der Waals surface area contributed by atoms with E-state index in [9.17, 15) is 0 Å². The molecule has 0 aliphatic heterocycles. The molecule has 4 nitrogen and oxygen atoms in total. The molecule has 0 amide bonds. The fraction of sp³-hybridized carbons (Fsp3) is 0.500. The van der Waals surface area contributed by atoms with E-state index in [4.69, 9.17) is 0 Å². The summed E-state index contributed by atoms with van der Waals surface area (Å²) in [7, 11) is 1.83. The number of aliphatic imine (C=N–C) groups is 1. The molecule has 1 N–H and O–H groups in total. The molecule has 0 saturated carbocycles. The first-order chi connectivity index (χ1) is 6.79. The summed E-state index contributed by atoms with van der Waals surface area (Å²) < 4.78 is 0. The maximum atomic E-state index is 4.35. The number of nitrogens with one attached hydrogen (secondary N) is 1. The van der Waals surface area contributed by atoms with Gasteiger partial charge in [0.05, 0.1) is 5.69 Å². The molecule has 0 aliphatic rings. The van der Waals surface area contributed by atoms with Crippen LogP contribution in [0.5, 0.6) is 0 Å². The minimum absolute atomic E-state index is 0.782. The van der Waals surface area contributed by atoms with Gasteiger partial charge in [0, 0.05) is 13.3 Å². The zero-order chi connectivity index (χ0) is 10.4. The number of aromatic nitrogens is 2. The molecule has 1 rings (SSSR count). The van der Waals surface area contributed by atoms with Gasteiger partial charge in [0.1, 0.15) is 12.0 Å². The summed E-state index contributed by atoms with van der Waals surface area (Å²) in [6.45, 7) is 4.06. The Morgan fingerprint density at radius 1 is 1.50 bits per heavy atom. The molecule has 0 aromatic carbocycles. The topological polar surface area (TPSA) is 50.2 Å². The normalized spacial score (nSPS) is 10.8. The van der Waals surface area contributed by atoms with Gasteiger partial charge in [0.2, 0.25) is 0 Å². The fourth-order valence-corrected chi connectivity index (χ4v) is 1.09. The first-order valence-electron chi connectivity index (χ1n) is 4.81. The number of aryl methyl sites for hydroxylation is 1. The molecule has 0 aliphatic carbocycles. The van der Waals surface area contributed by atoms with E-state index in [-0.39, 0.29) is 0 Å². The van der Waals surface area contributed by atoms with Crippen molar-refractivity contribution < 1.29 is 0 Å². The predicted octanol–water partition coefficient (Wildman–Crippen LogP) is 2.33. The van der Waals surface area contributed by atoms with Crippen LogP contribution in [-0.2, 0) is 0 Å². The third-order valence-electron chi connectivity index (χ3n) is 1.88. The van der Waals surface area contributed by atoms with Crippen LogP contribution in [0.2, 0.25) is 0 Å². The Labute approximate surface area is 84.5 Å². The quantitative estimate of drug-likeness (QED) is 0.745. The van der Waals surface area contributed by atoms with Gasteiger partial charge in [0.15, 0.2) is 5.82 Å². The summed E-state index contributed by atoms with van der Waals surface area (Å²) in [5.74, 6) is 0.782. The highest BCUT2D eigenvalue weighted by Crippen LogP contribution is 2.23. The molecule has 0 fully saturated rings. The van der Waals surface area contributed by atoms with E-state index in [1.54, 1.807) is 6.33 Å². The van der Waals surface area contributed by atoms with Gasteiger partial charge in [-0.2, -0.15) is 0 Å². The van der Waals surface area contributed by atoms with Crippen LogP contribution in [0.4, 0.5) is 11.5 Å². The van der Waals surface area contributed by atoms with Crippen molar-refractivity contribution in [2.45, 2.75) is 26.7 Å². The molecular formula is C10H16N4. The van der Waals surface area contributed by atoms with Gasteiger partial charge in [0.25, 0.3) is 0 Å². The van der Waals surface area contributed by atoms with Crippen LogP contribution < -0.4 is 5.32 Å². The minimum Gasteiger partial charge on any atom is -0.371 e. The second kappa shape index (κ2) is 5.32. The highest BCUT2D eigenvalue weighted by molar-refractivity contribution is 5.71. The van der Waals surface area contributed by atoms with Crippen LogP contribution in [0.1, 0.15) is 25.5 Å². The summed E-state index contributed by atoms with van der Waals surface area (Å²) in [6.07, 6.45) is 5.54. The first-order valence-corrected chi connectivity index (χ1v) is 4.81. The molecule has 0 saturated heterocycles. The first kappa shape index (κ1) is 10.6. The standard InChI is InChI=1S/C10H16N4/c1-4-5-6-12-9-8(2)13-7-14-10(9)11-3/h6-7H,4-5H2,1-3H3,(H,11,13,14). The average Bonchev–Trinajstić information content (AvgIpc) is 2.20. The van der Waals surface area contributed by atoms with Crippen LogP contribution in [0.25, 0.3) is 0 Å². The van der Waals surface area contributed by atoms with Crippen molar-refractivity contribution >= 4 is 17.7 Å². The molecule has 0 atom stereocenters. The molecule has 0 unspecified atom stereocenters. The lowest BCUT2D eigenvalue weighted by Crippen LogP contribution is -1.95. The van der Waals surface area contributed by atoms with Crippen molar-refractivity contribution in [3.8, 4) is 0 Å². The van der Waals surface area contributed by atoms with E-state index in [0.29, 0.717) is 0 Å². The smallest absolute Gasteiger partial charge is 0.155 e. The lowest BCUT2D eigenvalue weighted by molar-refractivity contribution is 1.01. The molecule has 0 spiro atoms. The van der Waals surface area contributed by atoms with E-state index < -0.39 is 0 Å². The van der Waals surface area contributed by atoms with Crippen molar-refractivity contribution in [3.63, 3.8) is 0 Å². The summed E-state index contributed by atoms with van der Waals surface area (Å²) in [5.41, 5.74) is 1.74. The van der Waals surface area contributed by atoms with Gasteiger partial charge in [-0.3, -0.25) is 4.99 Å². The zero-order valence-corrected chi connectivity index (χ0v) is 8.91. The Balaban J connectivity index is 2.93. The second-order valence-corrected chi connectivity index (χ2v) is 3.01. The van der Waals surface area contributed by atoms with Gasteiger partial charge in [-0.1, -0.05) is 13.3 Å². The third kappa shape index (κ3) is 2.52. The monoisotopic (exact) mass is 192 g/mol. The van der Waals surface area contributed by atoms with Gasteiger partial charge in [-0.15, -0.1) is 0 Å². The molecule has 14 heavy (non-hydrogen) atoms. The molecule has 76 valence electrons. The Morgan fingerprint density at radius 2 is 2.29 bits per heavy atom. The number of rotatable bonds is 4. The highest BCUT2D eigenvalue weighted by atomic mass is 15.0. The summed E-state index contributed by atoms with van der Waals surface area (Å²) in [6, 6.07) is 0. The molecule has 0 bridgehead atoms. The van der Waals surface area contributed by atoms with Crippen molar-refractivity contribution in [1.29, 1.82) is 0 Å².